The summed E-state index contributed by atoms with van der Waals surface area (Å²) in [4.78, 5) is 15.9. The van der Waals surface area contributed by atoms with Crippen LogP contribution in [-0.2, 0) is 0 Å². The minimum absolute atomic E-state index is 0.0949. The van der Waals surface area contributed by atoms with Crippen molar-refractivity contribution in [2.75, 3.05) is 18.5 Å². The second-order valence-corrected chi connectivity index (χ2v) is 4.18. The largest absolute Gasteiger partial charge is 0.393 e. The quantitative estimate of drug-likeness (QED) is 0.496. The van der Waals surface area contributed by atoms with Crippen molar-refractivity contribution in [1.82, 2.24) is 4.98 Å². The van der Waals surface area contributed by atoms with Gasteiger partial charge >= 0.3 is 5.69 Å². The number of rotatable bonds is 5. The molecule has 7 heteroatoms. The lowest BCUT2D eigenvalue weighted by Crippen LogP contribution is -2.23. The topological polar surface area (TPSA) is 79.5 Å². The van der Waals surface area contributed by atoms with Crippen molar-refractivity contribution in [3.05, 3.63) is 27.4 Å². The number of nitrogens with zero attached hydrogens (tertiary/aromatic N) is 3. The molecule has 0 fully saturated rings. The van der Waals surface area contributed by atoms with Gasteiger partial charge in [0.15, 0.2) is 0 Å². The Morgan fingerprint density at radius 1 is 1.65 bits per heavy atom. The Bertz CT molecular complexity index is 412. The van der Waals surface area contributed by atoms with E-state index in [1.807, 2.05) is 0 Å². The van der Waals surface area contributed by atoms with Crippen LogP contribution in [0.25, 0.3) is 0 Å². The first kappa shape index (κ1) is 13.7. The standard InChI is InChI=1S/C10H14ClN3O3/c1-7(15)5-6-13(2)10-8(14(16)17)3-4-9(11)12-10/h3-4,7,15H,5-6H2,1-2H3. The van der Waals surface area contributed by atoms with Gasteiger partial charge in [-0.15, -0.1) is 0 Å². The third kappa shape index (κ3) is 3.83. The molecule has 1 rings (SSSR count). The average molecular weight is 260 g/mol. The van der Waals surface area contributed by atoms with Gasteiger partial charge in [-0.25, -0.2) is 4.98 Å². The highest BCUT2D eigenvalue weighted by atomic mass is 35.5. The number of halogens is 1. The van der Waals surface area contributed by atoms with E-state index in [4.69, 9.17) is 11.6 Å². The number of nitro groups is 1. The molecule has 1 aromatic heterocycles. The van der Waals surface area contributed by atoms with Gasteiger partial charge in [0, 0.05) is 19.7 Å². The molecule has 0 amide bonds. The molecule has 0 saturated carbocycles. The predicted molar refractivity (Wildman–Crippen MR) is 65.5 cm³/mol. The van der Waals surface area contributed by atoms with E-state index in [9.17, 15) is 15.2 Å². The first-order valence-corrected chi connectivity index (χ1v) is 5.49. The van der Waals surface area contributed by atoms with Crippen LogP contribution in [0.2, 0.25) is 5.15 Å². The zero-order chi connectivity index (χ0) is 13.0. The van der Waals surface area contributed by atoms with Crippen molar-refractivity contribution < 1.29 is 10.0 Å². The smallest absolute Gasteiger partial charge is 0.311 e. The molecule has 1 N–H and O–H groups in total. The Morgan fingerprint density at radius 2 is 2.29 bits per heavy atom. The number of hydrogen-bond acceptors (Lipinski definition) is 5. The molecule has 0 saturated heterocycles. The first-order chi connectivity index (χ1) is 7.91. The van der Waals surface area contributed by atoms with Crippen molar-refractivity contribution in [2.24, 2.45) is 0 Å². The van der Waals surface area contributed by atoms with Crippen LogP contribution in [0.3, 0.4) is 0 Å². The number of pyridine rings is 1. The first-order valence-electron chi connectivity index (χ1n) is 5.12. The molecular formula is C10H14ClN3O3. The van der Waals surface area contributed by atoms with Gasteiger partial charge in [-0.3, -0.25) is 10.1 Å². The van der Waals surface area contributed by atoms with E-state index in [-0.39, 0.29) is 16.7 Å². The van der Waals surface area contributed by atoms with E-state index in [2.05, 4.69) is 4.98 Å². The lowest BCUT2D eigenvalue weighted by atomic mass is 10.2. The van der Waals surface area contributed by atoms with Gasteiger partial charge in [0.1, 0.15) is 5.15 Å². The fraction of sp³-hybridized carbons (Fsp3) is 0.500. The van der Waals surface area contributed by atoms with Crippen molar-refractivity contribution in [2.45, 2.75) is 19.4 Å². The molecule has 1 heterocycles. The van der Waals surface area contributed by atoms with Crippen LogP contribution in [0.4, 0.5) is 11.5 Å². The fourth-order valence-corrected chi connectivity index (χ4v) is 1.47. The summed E-state index contributed by atoms with van der Waals surface area (Å²) in [6.07, 6.45) is 0.0395. The SMILES string of the molecule is CC(O)CCN(C)c1nc(Cl)ccc1[N+](=O)[O-]. The molecule has 0 aliphatic rings. The minimum atomic E-state index is -0.502. The maximum atomic E-state index is 10.8. The van der Waals surface area contributed by atoms with E-state index in [0.29, 0.717) is 13.0 Å². The summed E-state index contributed by atoms with van der Waals surface area (Å²) in [5, 5.41) is 20.2. The maximum absolute atomic E-state index is 10.8. The van der Waals surface area contributed by atoms with Crippen molar-refractivity contribution in [3.8, 4) is 0 Å². The molecule has 0 radical (unpaired) electrons. The molecule has 0 aliphatic carbocycles. The zero-order valence-electron chi connectivity index (χ0n) is 9.63. The van der Waals surface area contributed by atoms with Crippen LogP contribution >= 0.6 is 11.6 Å². The Labute approximate surface area is 104 Å². The highest BCUT2D eigenvalue weighted by molar-refractivity contribution is 6.29. The van der Waals surface area contributed by atoms with E-state index < -0.39 is 11.0 Å². The third-order valence-corrected chi connectivity index (χ3v) is 2.47. The van der Waals surface area contributed by atoms with Crippen LogP contribution in [0, 0.1) is 10.1 Å². The van der Waals surface area contributed by atoms with Crippen molar-refractivity contribution >= 4 is 23.1 Å². The molecule has 1 unspecified atom stereocenters. The summed E-state index contributed by atoms with van der Waals surface area (Å²) in [7, 11) is 1.67. The lowest BCUT2D eigenvalue weighted by molar-refractivity contribution is -0.384. The molecule has 1 aromatic rings. The van der Waals surface area contributed by atoms with E-state index in [1.165, 1.54) is 12.1 Å². The highest BCUT2D eigenvalue weighted by Crippen LogP contribution is 2.26. The number of aliphatic hydroxyl groups excluding tert-OH is 1. The number of aliphatic hydroxyl groups is 1. The van der Waals surface area contributed by atoms with Crippen LogP contribution in [0.15, 0.2) is 12.1 Å². The summed E-state index contributed by atoms with van der Waals surface area (Å²) in [5.41, 5.74) is -0.0949. The molecular weight excluding hydrogens is 246 g/mol. The molecule has 0 spiro atoms. The number of anilines is 1. The van der Waals surface area contributed by atoms with E-state index in [1.54, 1.807) is 18.9 Å². The monoisotopic (exact) mass is 259 g/mol. The normalized spacial score (nSPS) is 12.2. The minimum Gasteiger partial charge on any atom is -0.393 e. The molecule has 0 aliphatic heterocycles. The molecule has 17 heavy (non-hydrogen) atoms. The van der Waals surface area contributed by atoms with Gasteiger partial charge in [0.25, 0.3) is 0 Å². The van der Waals surface area contributed by atoms with Gasteiger partial charge in [0.2, 0.25) is 5.82 Å². The second kappa shape index (κ2) is 5.79. The summed E-state index contributed by atoms with van der Waals surface area (Å²) in [6, 6.07) is 2.70. The molecule has 6 nitrogen and oxygen atoms in total. The summed E-state index contributed by atoms with van der Waals surface area (Å²) < 4.78 is 0. The van der Waals surface area contributed by atoms with Crippen molar-refractivity contribution in [3.63, 3.8) is 0 Å². The zero-order valence-corrected chi connectivity index (χ0v) is 10.4. The highest BCUT2D eigenvalue weighted by Gasteiger charge is 2.19. The Balaban J connectivity index is 2.94. The molecule has 0 bridgehead atoms. The second-order valence-electron chi connectivity index (χ2n) is 3.79. The van der Waals surface area contributed by atoms with Gasteiger partial charge in [-0.2, -0.15) is 0 Å². The third-order valence-electron chi connectivity index (χ3n) is 2.26. The Kier molecular flexibility index (Phi) is 4.65. The average Bonchev–Trinajstić information content (AvgIpc) is 2.25. The fourth-order valence-electron chi connectivity index (χ4n) is 1.33. The van der Waals surface area contributed by atoms with Gasteiger partial charge in [-0.1, -0.05) is 11.6 Å². The number of hydrogen-bond donors (Lipinski definition) is 1. The van der Waals surface area contributed by atoms with E-state index >= 15 is 0 Å². The van der Waals surface area contributed by atoms with Gasteiger partial charge in [-0.05, 0) is 19.4 Å². The lowest BCUT2D eigenvalue weighted by Gasteiger charge is -2.18. The summed E-state index contributed by atoms with van der Waals surface area (Å²) in [6.45, 7) is 2.12. The maximum Gasteiger partial charge on any atom is 0.311 e. The van der Waals surface area contributed by atoms with Crippen molar-refractivity contribution in [1.29, 1.82) is 0 Å². The molecule has 94 valence electrons. The Hall–Kier alpha value is -1.40. The van der Waals surface area contributed by atoms with Gasteiger partial charge < -0.3 is 10.0 Å². The summed E-state index contributed by atoms with van der Waals surface area (Å²) in [5.74, 6) is 0.211. The van der Waals surface area contributed by atoms with Crippen LogP contribution < -0.4 is 4.90 Å². The van der Waals surface area contributed by atoms with E-state index in [0.717, 1.165) is 0 Å². The van der Waals surface area contributed by atoms with Crippen LogP contribution in [0.1, 0.15) is 13.3 Å². The van der Waals surface area contributed by atoms with Crippen LogP contribution in [-0.4, -0.2) is 34.7 Å². The van der Waals surface area contributed by atoms with Crippen LogP contribution in [0.5, 0.6) is 0 Å². The Morgan fingerprint density at radius 3 is 2.82 bits per heavy atom. The summed E-state index contributed by atoms with van der Waals surface area (Å²) >= 11 is 5.72. The molecule has 0 aromatic carbocycles. The molecule has 1 atom stereocenters. The predicted octanol–water partition coefficient (Wildman–Crippen LogP) is 1.85. The van der Waals surface area contributed by atoms with Gasteiger partial charge in [0.05, 0.1) is 11.0 Å². The number of aromatic nitrogens is 1.